The summed E-state index contributed by atoms with van der Waals surface area (Å²) in [7, 11) is 0. The summed E-state index contributed by atoms with van der Waals surface area (Å²) in [5, 5.41) is 11.0. The van der Waals surface area contributed by atoms with Gasteiger partial charge in [0.1, 0.15) is 5.75 Å². The van der Waals surface area contributed by atoms with Gasteiger partial charge >= 0.3 is 0 Å². The lowest BCUT2D eigenvalue weighted by Gasteiger charge is -2.13. The number of nitrogens with one attached hydrogen (secondary N) is 1. The van der Waals surface area contributed by atoms with Crippen molar-refractivity contribution in [3.63, 3.8) is 0 Å². The molecule has 6 nitrogen and oxygen atoms in total. The van der Waals surface area contributed by atoms with E-state index in [1.54, 1.807) is 6.07 Å². The molecule has 1 aromatic heterocycles. The van der Waals surface area contributed by atoms with Gasteiger partial charge in [0.25, 0.3) is 5.69 Å². The first kappa shape index (κ1) is 13.9. The van der Waals surface area contributed by atoms with Gasteiger partial charge in [-0.1, -0.05) is 0 Å². The average Bonchev–Trinajstić information content (AvgIpc) is 2.71. The fourth-order valence-corrected chi connectivity index (χ4v) is 1.98. The average molecular weight is 275 g/mol. The second kappa shape index (κ2) is 5.64. The molecule has 0 unspecified atom stereocenters. The number of nitro groups is 1. The van der Waals surface area contributed by atoms with Crippen molar-refractivity contribution < 1.29 is 9.66 Å². The maximum absolute atomic E-state index is 11.0. The van der Waals surface area contributed by atoms with Crippen LogP contribution in [0.15, 0.2) is 30.3 Å². The molecule has 106 valence electrons. The molecule has 0 aliphatic heterocycles. The Morgan fingerprint density at radius 1 is 1.25 bits per heavy atom. The summed E-state index contributed by atoms with van der Waals surface area (Å²) in [6, 6.07) is 8.60. The number of aromatic nitrogens is 1. The molecule has 2 aromatic rings. The van der Waals surface area contributed by atoms with Crippen LogP contribution in [-0.4, -0.2) is 16.2 Å². The summed E-state index contributed by atoms with van der Waals surface area (Å²) < 4.78 is 7.23. The van der Waals surface area contributed by atoms with Gasteiger partial charge in [0, 0.05) is 23.5 Å². The third kappa shape index (κ3) is 2.90. The second-order valence-electron chi connectivity index (χ2n) is 4.47. The Hall–Kier alpha value is -2.50. The second-order valence-corrected chi connectivity index (χ2v) is 4.47. The number of ether oxygens (including phenoxy) is 1. The highest BCUT2D eigenvalue weighted by Gasteiger charge is 2.11. The van der Waals surface area contributed by atoms with Crippen LogP contribution in [0.2, 0.25) is 0 Å². The van der Waals surface area contributed by atoms with Gasteiger partial charge in [0.15, 0.2) is 0 Å². The third-order valence-electron chi connectivity index (χ3n) is 2.93. The number of rotatable bonds is 5. The molecule has 0 radical (unpaired) electrons. The largest absolute Gasteiger partial charge is 0.494 e. The van der Waals surface area contributed by atoms with Crippen molar-refractivity contribution in [1.82, 2.24) is 4.68 Å². The Bertz CT molecular complexity index is 615. The molecule has 0 atom stereocenters. The molecule has 1 N–H and O–H groups in total. The molecule has 0 aliphatic rings. The van der Waals surface area contributed by atoms with Crippen molar-refractivity contribution in [1.29, 1.82) is 0 Å². The van der Waals surface area contributed by atoms with Crippen molar-refractivity contribution >= 4 is 11.4 Å². The monoisotopic (exact) mass is 275 g/mol. The topological polar surface area (TPSA) is 69.3 Å². The zero-order valence-electron chi connectivity index (χ0n) is 11.7. The van der Waals surface area contributed by atoms with Gasteiger partial charge in [0.2, 0.25) is 0 Å². The molecule has 0 spiro atoms. The highest BCUT2D eigenvalue weighted by Crippen LogP contribution is 2.26. The molecular weight excluding hydrogens is 258 g/mol. The summed E-state index contributed by atoms with van der Waals surface area (Å²) >= 11 is 0. The summed E-state index contributed by atoms with van der Waals surface area (Å²) in [5.74, 6) is 0.478. The first-order chi connectivity index (χ1) is 9.51. The Labute approximate surface area is 117 Å². The van der Waals surface area contributed by atoms with Gasteiger partial charge in [-0.25, -0.2) is 0 Å². The number of non-ortho nitro benzene ring substituents is 1. The van der Waals surface area contributed by atoms with Gasteiger partial charge in [-0.15, -0.1) is 0 Å². The molecule has 1 heterocycles. The maximum atomic E-state index is 11.0. The molecular formula is C14H17N3O3. The minimum absolute atomic E-state index is 0.000845. The Morgan fingerprint density at radius 3 is 2.45 bits per heavy atom. The molecule has 2 rings (SSSR count). The summed E-state index contributed by atoms with van der Waals surface area (Å²) in [4.78, 5) is 10.5. The first-order valence-electron chi connectivity index (χ1n) is 6.35. The highest BCUT2D eigenvalue weighted by atomic mass is 16.6. The number of anilines is 1. The molecule has 20 heavy (non-hydrogen) atoms. The summed E-state index contributed by atoms with van der Waals surface area (Å²) in [5.41, 5.74) is 5.80. The van der Waals surface area contributed by atoms with E-state index >= 15 is 0 Å². The number of hydrogen-bond donors (Lipinski definition) is 1. The highest BCUT2D eigenvalue weighted by molar-refractivity contribution is 5.56. The van der Waals surface area contributed by atoms with Crippen LogP contribution in [0.1, 0.15) is 18.3 Å². The predicted molar refractivity (Wildman–Crippen MR) is 77.2 cm³/mol. The van der Waals surface area contributed by atoms with Crippen molar-refractivity contribution in [2.45, 2.75) is 20.8 Å². The normalized spacial score (nSPS) is 10.3. The molecule has 0 bridgehead atoms. The number of nitrogens with zero attached hydrogens (tertiary/aromatic N) is 2. The van der Waals surface area contributed by atoms with Crippen molar-refractivity contribution in [2.75, 3.05) is 12.0 Å². The first-order valence-corrected chi connectivity index (χ1v) is 6.35. The van der Waals surface area contributed by atoms with Gasteiger partial charge < -0.3 is 4.74 Å². The molecule has 1 aromatic carbocycles. The summed E-state index contributed by atoms with van der Waals surface area (Å²) in [6.07, 6.45) is 0. The Balaban J connectivity index is 2.38. The van der Waals surface area contributed by atoms with E-state index in [1.165, 1.54) is 12.1 Å². The van der Waals surface area contributed by atoms with Crippen molar-refractivity contribution in [2.24, 2.45) is 0 Å². The van der Waals surface area contributed by atoms with Gasteiger partial charge in [-0.05, 0) is 32.9 Å². The number of nitro benzene ring substituents is 1. The number of hydrogen-bond acceptors (Lipinski definition) is 4. The minimum atomic E-state index is -0.428. The van der Waals surface area contributed by atoms with Gasteiger partial charge in [-0.3, -0.25) is 20.2 Å². The van der Waals surface area contributed by atoms with Crippen LogP contribution in [0.3, 0.4) is 0 Å². The number of benzene rings is 1. The van der Waals surface area contributed by atoms with E-state index < -0.39 is 4.92 Å². The van der Waals surface area contributed by atoms with E-state index in [4.69, 9.17) is 4.74 Å². The van der Waals surface area contributed by atoms with Crippen LogP contribution in [0.4, 0.5) is 11.4 Å². The Morgan fingerprint density at radius 2 is 1.90 bits per heavy atom. The smallest absolute Gasteiger partial charge is 0.275 e. The van der Waals surface area contributed by atoms with Crippen LogP contribution in [0, 0.1) is 24.0 Å². The lowest BCUT2D eigenvalue weighted by atomic mass is 10.2. The summed E-state index contributed by atoms with van der Waals surface area (Å²) in [6.45, 7) is 6.22. The van der Waals surface area contributed by atoms with E-state index in [2.05, 4.69) is 5.43 Å². The van der Waals surface area contributed by atoms with E-state index in [1.807, 2.05) is 37.6 Å². The van der Waals surface area contributed by atoms with E-state index in [-0.39, 0.29) is 5.69 Å². The molecule has 0 amide bonds. The lowest BCUT2D eigenvalue weighted by Crippen LogP contribution is -2.12. The molecule has 0 aliphatic carbocycles. The minimum Gasteiger partial charge on any atom is -0.494 e. The van der Waals surface area contributed by atoms with Crippen LogP contribution < -0.4 is 10.2 Å². The van der Waals surface area contributed by atoms with Crippen LogP contribution >= 0.6 is 0 Å². The van der Waals surface area contributed by atoms with Crippen molar-refractivity contribution in [3.8, 4) is 5.75 Å². The predicted octanol–water partition coefficient (Wildman–Crippen LogP) is 3.29. The zero-order chi connectivity index (χ0) is 14.7. The van der Waals surface area contributed by atoms with E-state index in [0.29, 0.717) is 18.0 Å². The van der Waals surface area contributed by atoms with Crippen LogP contribution in [-0.2, 0) is 0 Å². The van der Waals surface area contributed by atoms with Gasteiger partial charge in [-0.2, -0.15) is 0 Å². The van der Waals surface area contributed by atoms with Crippen LogP contribution in [0.5, 0.6) is 5.75 Å². The fourth-order valence-electron chi connectivity index (χ4n) is 1.98. The van der Waals surface area contributed by atoms with Crippen molar-refractivity contribution in [3.05, 3.63) is 51.8 Å². The van der Waals surface area contributed by atoms with Crippen LogP contribution in [0.25, 0.3) is 0 Å². The molecule has 0 saturated heterocycles. The van der Waals surface area contributed by atoms with E-state index in [0.717, 1.165) is 11.4 Å². The zero-order valence-corrected chi connectivity index (χ0v) is 11.7. The quantitative estimate of drug-likeness (QED) is 0.671. The third-order valence-corrected chi connectivity index (χ3v) is 2.93. The molecule has 6 heteroatoms. The standard InChI is InChI=1S/C14H17N3O3/c1-4-20-14-8-12(7-13(9-14)17(18)19)15-16-10(2)5-6-11(16)3/h5-9,15H,4H2,1-3H3. The van der Waals surface area contributed by atoms with Gasteiger partial charge in [0.05, 0.1) is 23.3 Å². The van der Waals surface area contributed by atoms with E-state index in [9.17, 15) is 10.1 Å². The fraction of sp³-hybridized carbons (Fsp3) is 0.286. The Kier molecular flexibility index (Phi) is 3.93. The lowest BCUT2D eigenvalue weighted by molar-refractivity contribution is -0.384. The SMILES string of the molecule is CCOc1cc(Nn2c(C)ccc2C)cc([N+](=O)[O-])c1. The molecule has 0 fully saturated rings. The molecule has 0 saturated carbocycles. The maximum Gasteiger partial charge on any atom is 0.275 e. The number of aryl methyl sites for hydroxylation is 2.